The SMILES string of the molecule is Nc1ncnc2c1c(Br)c(Br)n2[C@@H]1O[C@H](CO)[C@@H](O)[C@H]1O. The predicted molar refractivity (Wildman–Crippen MR) is 80.3 cm³/mol. The summed E-state index contributed by atoms with van der Waals surface area (Å²) < 4.78 is 8.24. The van der Waals surface area contributed by atoms with Gasteiger partial charge in [0.2, 0.25) is 0 Å². The first-order chi connectivity index (χ1) is 9.97. The first-order valence-corrected chi connectivity index (χ1v) is 7.63. The molecule has 1 aliphatic heterocycles. The number of hydrogen-bond acceptors (Lipinski definition) is 7. The van der Waals surface area contributed by atoms with Gasteiger partial charge in [0.25, 0.3) is 0 Å². The van der Waals surface area contributed by atoms with E-state index in [0.717, 1.165) is 0 Å². The highest BCUT2D eigenvalue weighted by Gasteiger charge is 2.44. The fraction of sp³-hybridized carbons (Fsp3) is 0.455. The van der Waals surface area contributed by atoms with Crippen LogP contribution in [0.4, 0.5) is 5.82 Å². The number of ether oxygens (including phenoxy) is 1. The second-order valence-corrected chi connectivity index (χ2v) is 6.21. The van der Waals surface area contributed by atoms with Gasteiger partial charge in [0, 0.05) is 0 Å². The Labute approximate surface area is 135 Å². The van der Waals surface area contributed by atoms with E-state index in [0.29, 0.717) is 20.1 Å². The molecule has 10 heteroatoms. The lowest BCUT2D eigenvalue weighted by molar-refractivity contribution is -0.0518. The molecule has 5 N–H and O–H groups in total. The number of fused-ring (bicyclic) bond motifs is 1. The topological polar surface area (TPSA) is 127 Å². The molecule has 0 amide bonds. The molecule has 0 saturated carbocycles. The molecule has 2 aromatic heterocycles. The average molecular weight is 424 g/mol. The van der Waals surface area contributed by atoms with Crippen molar-refractivity contribution in [3.63, 3.8) is 0 Å². The van der Waals surface area contributed by atoms with Crippen molar-refractivity contribution in [3.05, 3.63) is 15.4 Å². The van der Waals surface area contributed by atoms with Gasteiger partial charge >= 0.3 is 0 Å². The first kappa shape index (κ1) is 15.1. The van der Waals surface area contributed by atoms with E-state index in [9.17, 15) is 15.3 Å². The number of nitrogens with zero attached hydrogens (tertiary/aromatic N) is 3. The van der Waals surface area contributed by atoms with Crippen molar-refractivity contribution in [3.8, 4) is 0 Å². The van der Waals surface area contributed by atoms with Crippen LogP contribution in [-0.4, -0.2) is 54.8 Å². The molecule has 8 nitrogen and oxygen atoms in total. The van der Waals surface area contributed by atoms with Crippen molar-refractivity contribution in [2.75, 3.05) is 12.3 Å². The molecular weight excluding hydrogens is 412 g/mol. The van der Waals surface area contributed by atoms with Gasteiger partial charge in [0.05, 0.1) is 16.5 Å². The molecule has 3 rings (SSSR count). The molecule has 21 heavy (non-hydrogen) atoms. The van der Waals surface area contributed by atoms with E-state index in [1.165, 1.54) is 6.33 Å². The Bertz CT molecular complexity index is 694. The normalized spacial score (nSPS) is 29.4. The number of halogens is 2. The third kappa shape index (κ3) is 2.17. The van der Waals surface area contributed by atoms with E-state index in [2.05, 4.69) is 41.8 Å². The molecule has 114 valence electrons. The minimum Gasteiger partial charge on any atom is -0.394 e. The molecule has 2 aromatic rings. The summed E-state index contributed by atoms with van der Waals surface area (Å²) >= 11 is 6.77. The molecule has 0 aliphatic carbocycles. The van der Waals surface area contributed by atoms with Gasteiger partial charge in [-0.2, -0.15) is 0 Å². The molecule has 0 unspecified atom stereocenters. The van der Waals surface area contributed by atoms with Gasteiger partial charge in [-0.05, 0) is 31.9 Å². The van der Waals surface area contributed by atoms with Crippen molar-refractivity contribution in [1.82, 2.24) is 14.5 Å². The van der Waals surface area contributed by atoms with Crippen LogP contribution in [0.1, 0.15) is 6.23 Å². The van der Waals surface area contributed by atoms with E-state index >= 15 is 0 Å². The fourth-order valence-electron chi connectivity index (χ4n) is 2.41. The summed E-state index contributed by atoms with van der Waals surface area (Å²) in [6.45, 7) is -0.399. The molecule has 0 radical (unpaired) electrons. The van der Waals surface area contributed by atoms with Gasteiger partial charge in [-0.15, -0.1) is 0 Å². The fourth-order valence-corrected chi connectivity index (χ4v) is 3.55. The number of nitrogen functional groups attached to an aromatic ring is 1. The zero-order valence-corrected chi connectivity index (χ0v) is 13.7. The second kappa shape index (κ2) is 5.45. The third-order valence-electron chi connectivity index (χ3n) is 3.47. The van der Waals surface area contributed by atoms with Crippen LogP contribution >= 0.6 is 31.9 Å². The van der Waals surface area contributed by atoms with E-state index in [1.54, 1.807) is 4.57 Å². The van der Waals surface area contributed by atoms with Crippen molar-refractivity contribution in [2.45, 2.75) is 24.5 Å². The highest BCUT2D eigenvalue weighted by molar-refractivity contribution is 9.13. The Morgan fingerprint density at radius 2 is 2.00 bits per heavy atom. The van der Waals surface area contributed by atoms with Gasteiger partial charge in [0.1, 0.15) is 40.7 Å². The van der Waals surface area contributed by atoms with Crippen molar-refractivity contribution in [1.29, 1.82) is 0 Å². The Hall–Kier alpha value is -0.780. The number of rotatable bonds is 2. The maximum Gasteiger partial charge on any atom is 0.165 e. The number of anilines is 1. The van der Waals surface area contributed by atoms with Gasteiger partial charge in [0.15, 0.2) is 6.23 Å². The van der Waals surface area contributed by atoms with Crippen LogP contribution in [0, 0.1) is 0 Å². The Kier molecular flexibility index (Phi) is 3.93. The third-order valence-corrected chi connectivity index (χ3v) is 5.55. The Morgan fingerprint density at radius 1 is 1.29 bits per heavy atom. The highest BCUT2D eigenvalue weighted by Crippen LogP contribution is 2.41. The molecule has 3 heterocycles. The summed E-state index contributed by atoms with van der Waals surface area (Å²) in [4.78, 5) is 8.08. The molecule has 1 aliphatic rings. The summed E-state index contributed by atoms with van der Waals surface area (Å²) in [5, 5.41) is 29.8. The lowest BCUT2D eigenvalue weighted by Crippen LogP contribution is -2.33. The molecule has 0 bridgehead atoms. The quantitative estimate of drug-likeness (QED) is 0.541. The molecule has 1 fully saturated rings. The van der Waals surface area contributed by atoms with Crippen molar-refractivity contribution >= 4 is 48.7 Å². The zero-order chi connectivity index (χ0) is 15.3. The maximum atomic E-state index is 10.2. The molecule has 0 spiro atoms. The van der Waals surface area contributed by atoms with E-state index in [-0.39, 0.29) is 5.82 Å². The van der Waals surface area contributed by atoms with Crippen LogP contribution in [0.15, 0.2) is 15.4 Å². The largest absolute Gasteiger partial charge is 0.394 e. The summed E-state index contributed by atoms with van der Waals surface area (Å²) in [7, 11) is 0. The van der Waals surface area contributed by atoms with Crippen LogP contribution in [0.25, 0.3) is 11.0 Å². The van der Waals surface area contributed by atoms with E-state index < -0.39 is 31.1 Å². The summed E-state index contributed by atoms with van der Waals surface area (Å²) in [6, 6.07) is 0. The minimum atomic E-state index is -1.21. The van der Waals surface area contributed by atoms with Crippen LogP contribution in [-0.2, 0) is 4.74 Å². The lowest BCUT2D eigenvalue weighted by Gasteiger charge is -2.18. The Balaban J connectivity index is 2.18. The smallest absolute Gasteiger partial charge is 0.165 e. The van der Waals surface area contributed by atoms with Gasteiger partial charge in [-0.1, -0.05) is 0 Å². The number of nitrogens with two attached hydrogens (primary N) is 1. The highest BCUT2D eigenvalue weighted by atomic mass is 79.9. The predicted octanol–water partition coefficient (Wildman–Crippen LogP) is 0.150. The first-order valence-electron chi connectivity index (χ1n) is 6.05. The van der Waals surface area contributed by atoms with Crippen LogP contribution in [0.2, 0.25) is 0 Å². The van der Waals surface area contributed by atoms with Crippen LogP contribution in [0.3, 0.4) is 0 Å². The molecular formula is C11H12Br2N4O4. The van der Waals surface area contributed by atoms with Gasteiger partial charge in [-0.3, -0.25) is 4.57 Å². The standard InChI is InChI=1S/C11H12Br2N4O4/c12-5-4-9(14)15-2-16-10(4)17(8(5)13)11-7(20)6(19)3(1-18)21-11/h2-3,6-7,11,18-20H,1H2,(H2,14,15,16)/t3-,6-,7-,11-/m1/s1. The van der Waals surface area contributed by atoms with Crippen LogP contribution in [0.5, 0.6) is 0 Å². The number of aliphatic hydroxyl groups excluding tert-OH is 3. The monoisotopic (exact) mass is 422 g/mol. The van der Waals surface area contributed by atoms with Crippen molar-refractivity contribution < 1.29 is 20.1 Å². The van der Waals surface area contributed by atoms with Gasteiger partial charge in [-0.25, -0.2) is 9.97 Å². The Morgan fingerprint density at radius 3 is 2.62 bits per heavy atom. The second-order valence-electron chi connectivity index (χ2n) is 4.66. The van der Waals surface area contributed by atoms with Crippen LogP contribution < -0.4 is 5.73 Å². The van der Waals surface area contributed by atoms with Crippen molar-refractivity contribution in [2.24, 2.45) is 0 Å². The van der Waals surface area contributed by atoms with E-state index in [1.807, 2.05) is 0 Å². The average Bonchev–Trinajstić information content (AvgIpc) is 2.88. The molecule has 1 saturated heterocycles. The maximum absolute atomic E-state index is 10.2. The van der Waals surface area contributed by atoms with E-state index in [4.69, 9.17) is 10.5 Å². The number of aromatic nitrogens is 3. The minimum absolute atomic E-state index is 0.276. The number of aliphatic hydroxyl groups is 3. The van der Waals surface area contributed by atoms with Gasteiger partial charge < -0.3 is 25.8 Å². The lowest BCUT2D eigenvalue weighted by atomic mass is 10.1. The molecule has 4 atom stereocenters. The zero-order valence-electron chi connectivity index (χ0n) is 10.5. The number of hydrogen-bond donors (Lipinski definition) is 4. The molecule has 0 aromatic carbocycles. The summed E-state index contributed by atoms with van der Waals surface area (Å²) in [5.41, 5.74) is 6.29. The summed E-state index contributed by atoms with van der Waals surface area (Å²) in [6.07, 6.45) is -2.88. The summed E-state index contributed by atoms with van der Waals surface area (Å²) in [5.74, 6) is 0.276.